The van der Waals surface area contributed by atoms with E-state index in [9.17, 15) is 0 Å². The Bertz CT molecular complexity index is 108. The molecule has 0 aliphatic carbocycles. The highest BCUT2D eigenvalue weighted by Gasteiger charge is 2.17. The van der Waals surface area contributed by atoms with Gasteiger partial charge in [0.2, 0.25) is 0 Å². The quantitative estimate of drug-likeness (QED) is 0.616. The second kappa shape index (κ2) is 5.55. The third kappa shape index (κ3) is 6.62. The minimum Gasteiger partial charge on any atom is -0.385 e. The molecule has 0 aromatic heterocycles. The first-order valence-electron chi connectivity index (χ1n) is 4.61. The molecule has 0 aliphatic rings. The SMILES string of the molecule is COCCC(C)(C)OCC(C)C. The van der Waals surface area contributed by atoms with Crippen LogP contribution < -0.4 is 0 Å². The van der Waals surface area contributed by atoms with Crippen molar-refractivity contribution < 1.29 is 9.47 Å². The lowest BCUT2D eigenvalue weighted by molar-refractivity contribution is -0.0474. The van der Waals surface area contributed by atoms with Crippen LogP contribution in [0.5, 0.6) is 0 Å². The van der Waals surface area contributed by atoms with E-state index in [0.717, 1.165) is 19.6 Å². The van der Waals surface area contributed by atoms with E-state index in [2.05, 4.69) is 27.7 Å². The van der Waals surface area contributed by atoms with Gasteiger partial charge in [0.05, 0.1) is 5.60 Å². The first-order chi connectivity index (χ1) is 5.48. The van der Waals surface area contributed by atoms with Crippen LogP contribution >= 0.6 is 0 Å². The van der Waals surface area contributed by atoms with Crippen LogP contribution in [0.4, 0.5) is 0 Å². The van der Waals surface area contributed by atoms with Gasteiger partial charge < -0.3 is 9.47 Å². The van der Waals surface area contributed by atoms with E-state index in [0.29, 0.717) is 5.92 Å². The number of rotatable bonds is 6. The smallest absolute Gasteiger partial charge is 0.0648 e. The van der Waals surface area contributed by atoms with Gasteiger partial charge in [-0.05, 0) is 26.2 Å². The lowest BCUT2D eigenvalue weighted by atomic mass is 10.1. The van der Waals surface area contributed by atoms with Gasteiger partial charge in [-0.1, -0.05) is 13.8 Å². The molecule has 0 rings (SSSR count). The predicted octanol–water partition coefficient (Wildman–Crippen LogP) is 2.47. The molecule has 0 bridgehead atoms. The molecule has 0 aliphatic heterocycles. The Kier molecular flexibility index (Phi) is 5.51. The molecule has 0 spiro atoms. The van der Waals surface area contributed by atoms with Gasteiger partial charge >= 0.3 is 0 Å². The van der Waals surface area contributed by atoms with Crippen LogP contribution in [-0.4, -0.2) is 25.9 Å². The topological polar surface area (TPSA) is 18.5 Å². The highest BCUT2D eigenvalue weighted by atomic mass is 16.5. The van der Waals surface area contributed by atoms with E-state index in [1.807, 2.05) is 0 Å². The van der Waals surface area contributed by atoms with Crippen LogP contribution in [0.25, 0.3) is 0 Å². The van der Waals surface area contributed by atoms with Crippen LogP contribution in [0.1, 0.15) is 34.1 Å². The highest BCUT2D eigenvalue weighted by Crippen LogP contribution is 2.15. The molecule has 0 unspecified atom stereocenters. The Balaban J connectivity index is 3.56. The fourth-order valence-electron chi connectivity index (χ4n) is 0.812. The maximum Gasteiger partial charge on any atom is 0.0648 e. The summed E-state index contributed by atoms with van der Waals surface area (Å²) < 4.78 is 10.7. The second-order valence-electron chi connectivity index (χ2n) is 4.21. The van der Waals surface area contributed by atoms with Crippen LogP contribution in [0.2, 0.25) is 0 Å². The van der Waals surface area contributed by atoms with Crippen molar-refractivity contribution in [1.29, 1.82) is 0 Å². The second-order valence-corrected chi connectivity index (χ2v) is 4.21. The van der Waals surface area contributed by atoms with Crippen molar-refractivity contribution >= 4 is 0 Å². The van der Waals surface area contributed by atoms with Gasteiger partial charge in [0.25, 0.3) is 0 Å². The fraction of sp³-hybridized carbons (Fsp3) is 1.00. The molecule has 74 valence electrons. The van der Waals surface area contributed by atoms with Crippen LogP contribution in [-0.2, 0) is 9.47 Å². The van der Waals surface area contributed by atoms with E-state index in [-0.39, 0.29) is 5.60 Å². The Morgan fingerprint density at radius 2 is 1.83 bits per heavy atom. The molecule has 0 N–H and O–H groups in total. The van der Waals surface area contributed by atoms with Gasteiger partial charge in [-0.2, -0.15) is 0 Å². The maximum absolute atomic E-state index is 5.71. The van der Waals surface area contributed by atoms with Crippen molar-refractivity contribution in [3.63, 3.8) is 0 Å². The molecule has 0 saturated carbocycles. The Morgan fingerprint density at radius 1 is 1.25 bits per heavy atom. The fourth-order valence-corrected chi connectivity index (χ4v) is 0.812. The highest BCUT2D eigenvalue weighted by molar-refractivity contribution is 4.68. The van der Waals surface area contributed by atoms with E-state index in [1.165, 1.54) is 0 Å². The summed E-state index contributed by atoms with van der Waals surface area (Å²) in [6.45, 7) is 10.1. The lowest BCUT2D eigenvalue weighted by Crippen LogP contribution is -2.27. The van der Waals surface area contributed by atoms with Crippen LogP contribution in [0.3, 0.4) is 0 Å². The Morgan fingerprint density at radius 3 is 2.25 bits per heavy atom. The van der Waals surface area contributed by atoms with Crippen molar-refractivity contribution in [2.45, 2.75) is 39.7 Å². The summed E-state index contributed by atoms with van der Waals surface area (Å²) in [5, 5.41) is 0. The molecule has 0 fully saturated rings. The minimum atomic E-state index is -0.0414. The zero-order valence-corrected chi connectivity index (χ0v) is 9.02. The van der Waals surface area contributed by atoms with Crippen LogP contribution in [0.15, 0.2) is 0 Å². The predicted molar refractivity (Wildman–Crippen MR) is 51.4 cm³/mol. The lowest BCUT2D eigenvalue weighted by Gasteiger charge is -2.26. The van der Waals surface area contributed by atoms with Crippen LogP contribution in [0, 0.1) is 5.92 Å². The van der Waals surface area contributed by atoms with E-state index < -0.39 is 0 Å². The van der Waals surface area contributed by atoms with Crippen molar-refractivity contribution in [3.05, 3.63) is 0 Å². The van der Waals surface area contributed by atoms with Gasteiger partial charge in [-0.3, -0.25) is 0 Å². The Labute approximate surface area is 76.3 Å². The first-order valence-corrected chi connectivity index (χ1v) is 4.61. The molecule has 0 aromatic rings. The van der Waals surface area contributed by atoms with Crippen molar-refractivity contribution in [3.8, 4) is 0 Å². The number of ether oxygens (including phenoxy) is 2. The van der Waals surface area contributed by atoms with Gasteiger partial charge in [0, 0.05) is 20.3 Å². The molecule has 12 heavy (non-hydrogen) atoms. The molecule has 2 heteroatoms. The summed E-state index contributed by atoms with van der Waals surface area (Å²) in [6.07, 6.45) is 0.955. The zero-order valence-electron chi connectivity index (χ0n) is 9.02. The molecular weight excluding hydrogens is 152 g/mol. The van der Waals surface area contributed by atoms with Gasteiger partial charge in [-0.15, -0.1) is 0 Å². The summed E-state index contributed by atoms with van der Waals surface area (Å²) in [4.78, 5) is 0. The maximum atomic E-state index is 5.71. The molecule has 0 aromatic carbocycles. The standard InChI is InChI=1S/C10H22O2/c1-9(2)8-12-10(3,4)6-7-11-5/h9H,6-8H2,1-5H3. The summed E-state index contributed by atoms with van der Waals surface area (Å²) in [6, 6.07) is 0. The third-order valence-electron chi connectivity index (χ3n) is 1.72. The monoisotopic (exact) mass is 174 g/mol. The summed E-state index contributed by atoms with van der Waals surface area (Å²) in [5.74, 6) is 0.604. The molecule has 0 saturated heterocycles. The molecular formula is C10H22O2. The average molecular weight is 174 g/mol. The van der Waals surface area contributed by atoms with Gasteiger partial charge in [0.1, 0.15) is 0 Å². The van der Waals surface area contributed by atoms with Crippen molar-refractivity contribution in [2.75, 3.05) is 20.3 Å². The molecule has 0 heterocycles. The van der Waals surface area contributed by atoms with Crippen molar-refractivity contribution in [2.24, 2.45) is 5.92 Å². The average Bonchev–Trinajstić information content (AvgIpc) is 1.98. The number of methoxy groups -OCH3 is 1. The van der Waals surface area contributed by atoms with E-state index >= 15 is 0 Å². The number of hydrogen-bond acceptors (Lipinski definition) is 2. The van der Waals surface area contributed by atoms with Gasteiger partial charge in [0.15, 0.2) is 0 Å². The number of hydrogen-bond donors (Lipinski definition) is 0. The van der Waals surface area contributed by atoms with E-state index in [4.69, 9.17) is 9.47 Å². The van der Waals surface area contributed by atoms with Crippen molar-refractivity contribution in [1.82, 2.24) is 0 Å². The molecule has 0 atom stereocenters. The third-order valence-corrected chi connectivity index (χ3v) is 1.72. The Hall–Kier alpha value is -0.0800. The zero-order chi connectivity index (χ0) is 9.61. The molecule has 0 radical (unpaired) electrons. The summed E-state index contributed by atoms with van der Waals surface area (Å²) in [5.41, 5.74) is -0.0414. The largest absolute Gasteiger partial charge is 0.385 e. The first kappa shape index (κ1) is 11.9. The minimum absolute atomic E-state index is 0.0414. The van der Waals surface area contributed by atoms with Gasteiger partial charge in [-0.25, -0.2) is 0 Å². The molecule has 0 amide bonds. The normalized spacial score (nSPS) is 12.5. The summed E-state index contributed by atoms with van der Waals surface area (Å²) in [7, 11) is 1.72. The van der Waals surface area contributed by atoms with E-state index in [1.54, 1.807) is 7.11 Å². The summed E-state index contributed by atoms with van der Waals surface area (Å²) >= 11 is 0. The molecule has 2 nitrogen and oxygen atoms in total.